The number of benzene rings is 1. The van der Waals surface area contributed by atoms with Crippen LogP contribution in [0.15, 0.2) is 42.9 Å². The van der Waals surface area contributed by atoms with E-state index >= 15 is 0 Å². The van der Waals surface area contributed by atoms with E-state index in [0.717, 1.165) is 18.4 Å². The summed E-state index contributed by atoms with van der Waals surface area (Å²) in [6.45, 7) is 0.116. The van der Waals surface area contributed by atoms with Crippen molar-refractivity contribution in [1.82, 2.24) is 25.5 Å². The van der Waals surface area contributed by atoms with Crippen LogP contribution in [0.2, 0.25) is 0 Å². The van der Waals surface area contributed by atoms with Gasteiger partial charge in [0.2, 0.25) is 11.8 Å². The van der Waals surface area contributed by atoms with Gasteiger partial charge in [0.05, 0.1) is 19.4 Å². The number of carbonyl (C=O) groups is 3. The first kappa shape index (κ1) is 22.1. The summed E-state index contributed by atoms with van der Waals surface area (Å²) in [5.74, 6) is -1.74. The first-order valence-electron chi connectivity index (χ1n) is 9.44. The van der Waals surface area contributed by atoms with Crippen LogP contribution in [0.1, 0.15) is 17.7 Å². The highest BCUT2D eigenvalue weighted by atomic mass is 16.4. The average Bonchev–Trinajstić information content (AvgIpc) is 3.20. The Balaban J connectivity index is 1.90. The molecule has 0 aliphatic carbocycles. The minimum atomic E-state index is -1.00. The van der Waals surface area contributed by atoms with Crippen LogP contribution in [-0.4, -0.2) is 70.5 Å². The molecule has 1 aromatic heterocycles. The highest BCUT2D eigenvalue weighted by Crippen LogP contribution is 2.04. The highest BCUT2D eigenvalue weighted by Gasteiger charge is 2.22. The van der Waals surface area contributed by atoms with Gasteiger partial charge in [-0.15, -0.1) is 0 Å². The van der Waals surface area contributed by atoms with Gasteiger partial charge in [-0.05, 0) is 24.9 Å². The van der Waals surface area contributed by atoms with Crippen LogP contribution < -0.4 is 10.6 Å². The van der Waals surface area contributed by atoms with Crippen molar-refractivity contribution in [1.29, 1.82) is 0 Å². The normalized spacial score (nSPS) is 11.8. The third kappa shape index (κ3) is 8.14. The summed E-state index contributed by atoms with van der Waals surface area (Å²) in [7, 11) is 1.49. The van der Waals surface area contributed by atoms with Crippen LogP contribution in [0.25, 0.3) is 0 Å². The topological polar surface area (TPSA) is 127 Å². The Hall–Kier alpha value is -3.20. The number of imidazole rings is 1. The number of carbonyl (C=O) groups excluding carboxylic acids is 2. The number of carboxylic acids is 1. The van der Waals surface area contributed by atoms with Gasteiger partial charge in [-0.25, -0.2) is 4.98 Å². The van der Waals surface area contributed by atoms with Gasteiger partial charge in [-0.1, -0.05) is 30.3 Å². The molecule has 0 saturated carbocycles. The maximum Gasteiger partial charge on any atom is 0.317 e. The highest BCUT2D eigenvalue weighted by molar-refractivity contribution is 5.88. The summed E-state index contributed by atoms with van der Waals surface area (Å²) >= 11 is 0. The van der Waals surface area contributed by atoms with Crippen LogP contribution in [0.4, 0.5) is 0 Å². The summed E-state index contributed by atoms with van der Waals surface area (Å²) in [5, 5.41) is 14.4. The van der Waals surface area contributed by atoms with Gasteiger partial charge in [0.25, 0.3) is 0 Å². The molecule has 1 heterocycles. The van der Waals surface area contributed by atoms with Crippen molar-refractivity contribution in [2.75, 3.05) is 26.7 Å². The number of nitrogens with zero attached hydrogens (tertiary/aromatic N) is 2. The molecule has 0 fully saturated rings. The third-order valence-corrected chi connectivity index (χ3v) is 4.39. The predicted molar refractivity (Wildman–Crippen MR) is 107 cm³/mol. The summed E-state index contributed by atoms with van der Waals surface area (Å²) in [4.78, 5) is 44.1. The summed E-state index contributed by atoms with van der Waals surface area (Å²) in [5.41, 5.74) is 1.87. The number of nitrogens with one attached hydrogen (secondary N) is 3. The third-order valence-electron chi connectivity index (χ3n) is 4.39. The molecule has 29 heavy (non-hydrogen) atoms. The number of hydrogen-bond acceptors (Lipinski definition) is 5. The van der Waals surface area contributed by atoms with E-state index in [1.807, 2.05) is 30.3 Å². The van der Waals surface area contributed by atoms with E-state index in [-0.39, 0.29) is 25.4 Å². The van der Waals surface area contributed by atoms with Gasteiger partial charge in [0.15, 0.2) is 0 Å². The Morgan fingerprint density at radius 2 is 1.97 bits per heavy atom. The van der Waals surface area contributed by atoms with E-state index in [0.29, 0.717) is 12.2 Å². The maximum atomic E-state index is 12.5. The predicted octanol–water partition coefficient (Wildman–Crippen LogP) is 0.202. The van der Waals surface area contributed by atoms with Gasteiger partial charge in [0, 0.05) is 25.4 Å². The largest absolute Gasteiger partial charge is 0.480 e. The second-order valence-corrected chi connectivity index (χ2v) is 6.71. The van der Waals surface area contributed by atoms with E-state index < -0.39 is 17.9 Å². The number of amides is 2. The molecule has 9 nitrogen and oxygen atoms in total. The molecule has 0 bridgehead atoms. The molecule has 2 rings (SSSR count). The lowest BCUT2D eigenvalue weighted by Crippen LogP contribution is -2.50. The molecule has 2 aromatic rings. The van der Waals surface area contributed by atoms with Gasteiger partial charge in [-0.2, -0.15) is 0 Å². The van der Waals surface area contributed by atoms with E-state index in [9.17, 15) is 14.4 Å². The lowest BCUT2D eigenvalue weighted by atomic mass is 10.1. The Morgan fingerprint density at radius 1 is 1.21 bits per heavy atom. The second-order valence-electron chi connectivity index (χ2n) is 6.71. The van der Waals surface area contributed by atoms with Gasteiger partial charge >= 0.3 is 5.97 Å². The number of likely N-dealkylation sites (N-methyl/N-ethyl adjacent to an activating group) is 1. The SMILES string of the molecule is CNC(=O)C(Cc1cnc[nH]1)NC(=O)CN(CCCc1ccccc1)CC(=O)O. The molecule has 0 saturated heterocycles. The number of aromatic nitrogens is 2. The van der Waals surface area contributed by atoms with Crippen LogP contribution in [0, 0.1) is 0 Å². The molecule has 0 aliphatic heterocycles. The van der Waals surface area contributed by atoms with Crippen LogP contribution in [-0.2, 0) is 27.2 Å². The molecule has 4 N–H and O–H groups in total. The van der Waals surface area contributed by atoms with Crippen molar-refractivity contribution in [3.63, 3.8) is 0 Å². The minimum absolute atomic E-state index is 0.0996. The Bertz CT molecular complexity index is 779. The number of rotatable bonds is 12. The van der Waals surface area contributed by atoms with Crippen LogP contribution in [0.3, 0.4) is 0 Å². The number of hydrogen-bond donors (Lipinski definition) is 4. The molecular formula is C20H27N5O4. The molecule has 156 valence electrons. The van der Waals surface area contributed by atoms with Gasteiger partial charge in [0.1, 0.15) is 6.04 Å². The standard InChI is InChI=1S/C20H27N5O4/c1-21-20(29)17(10-16-11-22-14-23-16)24-18(26)12-25(13-19(27)28)9-5-8-15-6-3-2-4-7-15/h2-4,6-7,11,14,17H,5,8-10,12-13H2,1H3,(H,21,29)(H,22,23)(H,24,26)(H,27,28). The fourth-order valence-electron chi connectivity index (χ4n) is 3.00. The molecule has 0 radical (unpaired) electrons. The van der Waals surface area contributed by atoms with Gasteiger partial charge < -0.3 is 20.7 Å². The Kier molecular flexibility index (Phi) is 8.84. The van der Waals surface area contributed by atoms with Crippen molar-refractivity contribution < 1.29 is 19.5 Å². The van der Waals surface area contributed by atoms with Crippen molar-refractivity contribution in [2.24, 2.45) is 0 Å². The zero-order valence-corrected chi connectivity index (χ0v) is 16.4. The fourth-order valence-corrected chi connectivity index (χ4v) is 3.00. The first-order valence-corrected chi connectivity index (χ1v) is 9.44. The molecule has 1 atom stereocenters. The maximum absolute atomic E-state index is 12.5. The monoisotopic (exact) mass is 401 g/mol. The fraction of sp³-hybridized carbons (Fsp3) is 0.400. The number of H-pyrrole nitrogens is 1. The number of aromatic amines is 1. The molecule has 2 amide bonds. The lowest BCUT2D eigenvalue weighted by molar-refractivity contribution is -0.139. The summed E-state index contributed by atoms with van der Waals surface area (Å²) in [6, 6.07) is 9.10. The van der Waals surface area contributed by atoms with Crippen molar-refractivity contribution in [3.05, 3.63) is 54.1 Å². The summed E-state index contributed by atoms with van der Waals surface area (Å²) in [6.07, 6.45) is 4.86. The van der Waals surface area contributed by atoms with Crippen molar-refractivity contribution in [2.45, 2.75) is 25.3 Å². The van der Waals surface area contributed by atoms with Crippen molar-refractivity contribution >= 4 is 17.8 Å². The Labute approximate surface area is 169 Å². The first-order chi connectivity index (χ1) is 14.0. The second kappa shape index (κ2) is 11.6. The number of aliphatic carboxylic acids is 1. The van der Waals surface area contributed by atoms with E-state index in [4.69, 9.17) is 5.11 Å². The van der Waals surface area contributed by atoms with Crippen LogP contribution in [0.5, 0.6) is 0 Å². The van der Waals surface area contributed by atoms with Crippen molar-refractivity contribution in [3.8, 4) is 0 Å². The molecule has 0 aliphatic rings. The van der Waals surface area contributed by atoms with E-state index in [2.05, 4.69) is 20.6 Å². The van der Waals surface area contributed by atoms with Gasteiger partial charge in [-0.3, -0.25) is 19.3 Å². The lowest BCUT2D eigenvalue weighted by Gasteiger charge is -2.22. The quantitative estimate of drug-likeness (QED) is 0.402. The Morgan fingerprint density at radius 3 is 2.59 bits per heavy atom. The zero-order valence-electron chi connectivity index (χ0n) is 16.4. The number of aryl methyl sites for hydroxylation is 1. The zero-order chi connectivity index (χ0) is 21.1. The van der Waals surface area contributed by atoms with E-state index in [1.165, 1.54) is 13.4 Å². The summed E-state index contributed by atoms with van der Waals surface area (Å²) < 4.78 is 0. The molecular weight excluding hydrogens is 374 g/mol. The number of carboxylic acid groups (broad SMARTS) is 1. The molecule has 1 unspecified atom stereocenters. The molecule has 0 spiro atoms. The molecule has 1 aromatic carbocycles. The minimum Gasteiger partial charge on any atom is -0.480 e. The average molecular weight is 401 g/mol. The van der Waals surface area contributed by atoms with E-state index in [1.54, 1.807) is 11.1 Å². The molecule has 9 heteroatoms. The smallest absolute Gasteiger partial charge is 0.317 e. The van der Waals surface area contributed by atoms with Crippen LogP contribution >= 0.6 is 0 Å².